The van der Waals surface area contributed by atoms with Crippen molar-refractivity contribution in [1.29, 1.82) is 0 Å². The average molecular weight is 265 g/mol. The van der Waals surface area contributed by atoms with Gasteiger partial charge in [-0.1, -0.05) is 6.42 Å². The molecule has 1 heterocycles. The molecule has 0 spiro atoms. The quantitative estimate of drug-likeness (QED) is 0.904. The van der Waals surface area contributed by atoms with E-state index in [1.807, 2.05) is 13.0 Å². The van der Waals surface area contributed by atoms with Crippen LogP contribution in [0.1, 0.15) is 30.6 Å². The molecule has 1 aromatic heterocycles. The minimum Gasteiger partial charge on any atom is -0.481 e. The Morgan fingerprint density at radius 3 is 2.68 bits per heavy atom. The third-order valence-corrected chi connectivity index (χ3v) is 3.90. The van der Waals surface area contributed by atoms with Crippen molar-refractivity contribution < 1.29 is 19.1 Å². The molecule has 1 fully saturated rings. The lowest BCUT2D eigenvalue weighted by atomic mass is 9.95. The van der Waals surface area contributed by atoms with Crippen LogP contribution < -0.4 is 0 Å². The number of nitrogens with zero attached hydrogens (tertiary/aromatic N) is 1. The van der Waals surface area contributed by atoms with Crippen LogP contribution in [0.2, 0.25) is 0 Å². The van der Waals surface area contributed by atoms with Gasteiger partial charge in [0.05, 0.1) is 18.1 Å². The van der Waals surface area contributed by atoms with Crippen molar-refractivity contribution in [3.05, 3.63) is 23.7 Å². The molecule has 0 saturated heterocycles. The molecule has 2 rings (SSSR count). The van der Waals surface area contributed by atoms with Crippen LogP contribution >= 0.6 is 0 Å². The number of hydrogen-bond acceptors (Lipinski definition) is 3. The Labute approximate surface area is 112 Å². The molecule has 19 heavy (non-hydrogen) atoms. The maximum absolute atomic E-state index is 12.3. The van der Waals surface area contributed by atoms with E-state index in [-0.39, 0.29) is 11.8 Å². The van der Waals surface area contributed by atoms with Crippen molar-refractivity contribution in [3.63, 3.8) is 0 Å². The molecule has 0 unspecified atom stereocenters. The summed E-state index contributed by atoms with van der Waals surface area (Å²) in [5.74, 6) is -1.05. The predicted molar refractivity (Wildman–Crippen MR) is 68.4 cm³/mol. The third kappa shape index (κ3) is 2.80. The fraction of sp³-hybridized carbons (Fsp3) is 0.571. The molecule has 104 valence electrons. The summed E-state index contributed by atoms with van der Waals surface area (Å²) >= 11 is 0. The second-order valence-corrected chi connectivity index (χ2v) is 5.18. The molecule has 0 radical (unpaired) electrons. The van der Waals surface area contributed by atoms with Crippen LogP contribution in [0.5, 0.6) is 0 Å². The second kappa shape index (κ2) is 5.47. The third-order valence-electron chi connectivity index (χ3n) is 3.90. The van der Waals surface area contributed by atoms with Crippen LogP contribution in [0.25, 0.3) is 0 Å². The lowest BCUT2D eigenvalue weighted by Crippen LogP contribution is -2.36. The Morgan fingerprint density at radius 2 is 2.11 bits per heavy atom. The van der Waals surface area contributed by atoms with E-state index in [4.69, 9.17) is 9.52 Å². The van der Waals surface area contributed by atoms with Gasteiger partial charge in [-0.3, -0.25) is 9.59 Å². The lowest BCUT2D eigenvalue weighted by Gasteiger charge is -2.23. The van der Waals surface area contributed by atoms with E-state index in [9.17, 15) is 9.59 Å². The van der Waals surface area contributed by atoms with Crippen LogP contribution in [-0.2, 0) is 16.1 Å². The van der Waals surface area contributed by atoms with Crippen molar-refractivity contribution in [2.75, 3.05) is 7.05 Å². The van der Waals surface area contributed by atoms with Crippen LogP contribution in [0.3, 0.4) is 0 Å². The number of rotatable bonds is 4. The van der Waals surface area contributed by atoms with Gasteiger partial charge >= 0.3 is 5.97 Å². The monoisotopic (exact) mass is 265 g/mol. The van der Waals surface area contributed by atoms with E-state index in [1.165, 1.54) is 0 Å². The first-order valence-corrected chi connectivity index (χ1v) is 6.51. The summed E-state index contributed by atoms with van der Waals surface area (Å²) in [6.07, 6.45) is 3.68. The summed E-state index contributed by atoms with van der Waals surface area (Å²) in [6, 6.07) is 1.84. The summed E-state index contributed by atoms with van der Waals surface area (Å²) in [5, 5.41) is 9.13. The first-order chi connectivity index (χ1) is 9.00. The molecule has 1 aliphatic carbocycles. The normalized spacial score (nSPS) is 22.4. The van der Waals surface area contributed by atoms with Gasteiger partial charge in [-0.25, -0.2) is 0 Å². The summed E-state index contributed by atoms with van der Waals surface area (Å²) in [7, 11) is 1.71. The first kappa shape index (κ1) is 13.6. The first-order valence-electron chi connectivity index (χ1n) is 6.51. The minimum atomic E-state index is -0.858. The Kier molecular flexibility index (Phi) is 3.93. The van der Waals surface area contributed by atoms with Crippen molar-refractivity contribution in [2.24, 2.45) is 11.8 Å². The maximum Gasteiger partial charge on any atom is 0.307 e. The zero-order valence-electron chi connectivity index (χ0n) is 11.3. The van der Waals surface area contributed by atoms with E-state index in [0.29, 0.717) is 19.4 Å². The van der Waals surface area contributed by atoms with Crippen LogP contribution in [0.4, 0.5) is 0 Å². The van der Waals surface area contributed by atoms with E-state index >= 15 is 0 Å². The number of carboxylic acid groups (broad SMARTS) is 1. The molecule has 1 aliphatic rings. The number of carbonyl (C=O) groups is 2. The van der Waals surface area contributed by atoms with Gasteiger partial charge in [0.15, 0.2) is 0 Å². The van der Waals surface area contributed by atoms with Gasteiger partial charge in [0.25, 0.3) is 0 Å². The van der Waals surface area contributed by atoms with Gasteiger partial charge in [0.1, 0.15) is 5.76 Å². The van der Waals surface area contributed by atoms with E-state index in [2.05, 4.69) is 0 Å². The second-order valence-electron chi connectivity index (χ2n) is 5.18. The van der Waals surface area contributed by atoms with Gasteiger partial charge < -0.3 is 14.4 Å². The fourth-order valence-electron chi connectivity index (χ4n) is 2.74. The van der Waals surface area contributed by atoms with Gasteiger partial charge in [-0.2, -0.15) is 0 Å². The molecule has 5 heteroatoms. The SMILES string of the molecule is Cc1occc1CN(C)C(=O)[C@@H]1CCC[C@@H]1C(=O)O. The van der Waals surface area contributed by atoms with Crippen molar-refractivity contribution in [1.82, 2.24) is 4.90 Å². The highest BCUT2D eigenvalue weighted by atomic mass is 16.4. The molecule has 0 bridgehead atoms. The molecular weight excluding hydrogens is 246 g/mol. The Morgan fingerprint density at radius 1 is 1.42 bits per heavy atom. The van der Waals surface area contributed by atoms with Crippen molar-refractivity contribution in [2.45, 2.75) is 32.7 Å². The van der Waals surface area contributed by atoms with Crippen LogP contribution in [0, 0.1) is 18.8 Å². The Bertz CT molecular complexity index is 480. The summed E-state index contributed by atoms with van der Waals surface area (Å²) in [5.41, 5.74) is 0.959. The number of aryl methyl sites for hydroxylation is 1. The van der Waals surface area contributed by atoms with Gasteiger partial charge in [0.2, 0.25) is 5.91 Å². The largest absolute Gasteiger partial charge is 0.481 e. The van der Waals surface area contributed by atoms with E-state index in [1.54, 1.807) is 18.2 Å². The molecular formula is C14H19NO4. The highest BCUT2D eigenvalue weighted by Gasteiger charge is 2.39. The number of aliphatic carboxylic acids is 1. The summed E-state index contributed by atoms with van der Waals surface area (Å²) < 4.78 is 5.20. The molecule has 1 saturated carbocycles. The Hall–Kier alpha value is -1.78. The van der Waals surface area contributed by atoms with Crippen molar-refractivity contribution in [3.8, 4) is 0 Å². The molecule has 0 aliphatic heterocycles. The van der Waals surface area contributed by atoms with E-state index in [0.717, 1.165) is 17.7 Å². The van der Waals surface area contributed by atoms with Gasteiger partial charge in [-0.15, -0.1) is 0 Å². The van der Waals surface area contributed by atoms with Crippen LogP contribution in [-0.4, -0.2) is 28.9 Å². The number of furan rings is 1. The molecule has 0 aromatic carbocycles. The molecule has 1 amide bonds. The number of carboxylic acids is 1. The molecule has 1 aromatic rings. The zero-order valence-corrected chi connectivity index (χ0v) is 11.3. The Balaban J connectivity index is 2.03. The highest BCUT2D eigenvalue weighted by molar-refractivity contribution is 5.85. The highest BCUT2D eigenvalue weighted by Crippen LogP contribution is 2.33. The molecule has 2 atom stereocenters. The van der Waals surface area contributed by atoms with E-state index < -0.39 is 11.9 Å². The predicted octanol–water partition coefficient (Wildman–Crippen LogP) is 2.05. The van der Waals surface area contributed by atoms with Gasteiger partial charge in [-0.05, 0) is 25.8 Å². The number of carbonyl (C=O) groups excluding carboxylic acids is 1. The zero-order chi connectivity index (χ0) is 14.0. The van der Waals surface area contributed by atoms with Gasteiger partial charge in [0, 0.05) is 19.2 Å². The van der Waals surface area contributed by atoms with Crippen molar-refractivity contribution >= 4 is 11.9 Å². The minimum absolute atomic E-state index is 0.0782. The maximum atomic E-state index is 12.3. The smallest absolute Gasteiger partial charge is 0.307 e. The fourth-order valence-corrected chi connectivity index (χ4v) is 2.74. The average Bonchev–Trinajstić information content (AvgIpc) is 2.98. The molecule has 1 N–H and O–H groups in total. The number of amides is 1. The van der Waals surface area contributed by atoms with Crippen LogP contribution in [0.15, 0.2) is 16.7 Å². The lowest BCUT2D eigenvalue weighted by molar-refractivity contribution is -0.148. The number of hydrogen-bond donors (Lipinski definition) is 1. The summed E-state index contributed by atoms with van der Waals surface area (Å²) in [6.45, 7) is 2.31. The molecule has 5 nitrogen and oxygen atoms in total. The standard InChI is InChI=1S/C14H19NO4/c1-9-10(6-7-19-9)8-15(2)13(16)11-4-3-5-12(11)14(17)18/h6-7,11-12H,3-5,8H2,1-2H3,(H,17,18)/t11-,12+/m1/s1. The summed E-state index contributed by atoms with van der Waals surface area (Å²) in [4.78, 5) is 25.1. The topological polar surface area (TPSA) is 70.8 Å².